The number of benzene rings is 7. The third kappa shape index (κ3) is 6.96. The summed E-state index contributed by atoms with van der Waals surface area (Å²) in [5.74, 6) is 1.91. The van der Waals surface area contributed by atoms with Gasteiger partial charge in [0.15, 0.2) is 0 Å². The lowest BCUT2D eigenvalue weighted by atomic mass is 9.86. The third-order valence-electron chi connectivity index (χ3n) is 11.1. The van der Waals surface area contributed by atoms with Crippen molar-refractivity contribution in [1.29, 1.82) is 0 Å². The fourth-order valence-electron chi connectivity index (χ4n) is 7.98. The molecule has 0 saturated heterocycles. The van der Waals surface area contributed by atoms with Crippen LogP contribution < -0.4 is 9.30 Å². The highest BCUT2D eigenvalue weighted by atomic mass is 16.5. The zero-order chi connectivity index (χ0) is 50.6. The molecule has 0 spiro atoms. The molecular formula is C56H48N4O. The predicted octanol–water partition coefficient (Wildman–Crippen LogP) is 13.9. The molecule has 5 nitrogen and oxygen atoms in total. The Balaban J connectivity index is 1.15. The number of hydrogen-bond acceptors (Lipinski definition) is 2. The Bertz CT molecular complexity index is 3700. The summed E-state index contributed by atoms with van der Waals surface area (Å²) in [6.45, 7) is 13.2. The van der Waals surface area contributed by atoms with Crippen molar-refractivity contribution in [2.45, 2.75) is 52.4 Å². The normalized spacial score (nSPS) is 14.4. The Hall–Kier alpha value is -7.24. The Morgan fingerprint density at radius 1 is 0.574 bits per heavy atom. The second-order valence-electron chi connectivity index (χ2n) is 17.2. The van der Waals surface area contributed by atoms with Crippen molar-refractivity contribution in [3.8, 4) is 50.9 Å². The van der Waals surface area contributed by atoms with Crippen LogP contribution in [0.5, 0.6) is 11.5 Å². The first-order valence-corrected chi connectivity index (χ1v) is 20.2. The first-order chi connectivity index (χ1) is 33.6. The molecule has 61 heavy (non-hydrogen) atoms. The highest BCUT2D eigenvalue weighted by Crippen LogP contribution is 2.39. The second kappa shape index (κ2) is 14.8. The molecule has 3 heterocycles. The number of pyridine rings is 1. The lowest BCUT2D eigenvalue weighted by Crippen LogP contribution is -2.31. The number of nitrogens with zero attached hydrogens (tertiary/aromatic N) is 4. The third-order valence-corrected chi connectivity index (χ3v) is 11.1. The molecule has 0 saturated carbocycles. The van der Waals surface area contributed by atoms with E-state index in [1.165, 1.54) is 5.56 Å². The number of imidazole rings is 1. The average Bonchev–Trinajstić information content (AvgIpc) is 3.89. The number of aromatic nitrogens is 4. The van der Waals surface area contributed by atoms with Crippen molar-refractivity contribution in [2.75, 3.05) is 0 Å². The highest BCUT2D eigenvalue weighted by Gasteiger charge is 2.22. The Morgan fingerprint density at radius 3 is 1.93 bits per heavy atom. The molecule has 0 N–H and O–H groups in total. The summed E-state index contributed by atoms with van der Waals surface area (Å²) in [6.07, 6.45) is 5.31. The summed E-state index contributed by atoms with van der Waals surface area (Å²) in [6, 6.07) is 31.4. The van der Waals surface area contributed by atoms with Gasteiger partial charge in [0.25, 0.3) is 6.33 Å². The van der Waals surface area contributed by atoms with E-state index in [-0.39, 0.29) is 38.8 Å². The molecule has 5 heteroatoms. The fraction of sp³-hybridized carbons (Fsp3) is 0.143. The van der Waals surface area contributed by atoms with E-state index in [1.54, 1.807) is 27.3 Å². The average molecular weight is 803 g/mol. The number of para-hydroxylation sites is 3. The van der Waals surface area contributed by atoms with Gasteiger partial charge in [-0.3, -0.25) is 13.7 Å². The number of rotatable bonds is 7. The van der Waals surface area contributed by atoms with E-state index >= 15 is 0 Å². The van der Waals surface area contributed by atoms with Crippen LogP contribution in [0.4, 0.5) is 0 Å². The summed E-state index contributed by atoms with van der Waals surface area (Å²) >= 11 is 0. The molecular weight excluding hydrogens is 745 g/mol. The zero-order valence-electron chi connectivity index (χ0n) is 44.7. The fourth-order valence-corrected chi connectivity index (χ4v) is 7.98. The molecule has 0 fully saturated rings. The van der Waals surface area contributed by atoms with Gasteiger partial charge in [-0.15, -0.1) is 0 Å². The molecule has 10 aromatic rings. The highest BCUT2D eigenvalue weighted by molar-refractivity contribution is 6.09. The Kier molecular flexibility index (Phi) is 6.85. The summed E-state index contributed by atoms with van der Waals surface area (Å²) in [7, 11) is 0. The van der Waals surface area contributed by atoms with Gasteiger partial charge in [-0.25, -0.2) is 4.98 Å². The second-order valence-corrected chi connectivity index (χ2v) is 17.2. The molecule has 10 rings (SSSR count). The number of hydrogen-bond donors (Lipinski definition) is 0. The van der Waals surface area contributed by atoms with Crippen LogP contribution in [0.25, 0.3) is 72.3 Å². The van der Waals surface area contributed by atoms with Gasteiger partial charge in [0, 0.05) is 23.0 Å². The largest absolute Gasteiger partial charge is 0.458 e. The lowest BCUT2D eigenvalue weighted by Gasteiger charge is -2.20. The minimum absolute atomic E-state index is 0.0663. The number of fused-ring (bicyclic) bond motifs is 4. The van der Waals surface area contributed by atoms with Crippen LogP contribution >= 0.6 is 0 Å². The molecule has 0 atom stereocenters. The van der Waals surface area contributed by atoms with E-state index in [4.69, 9.17) is 23.4 Å². The van der Waals surface area contributed by atoms with E-state index in [9.17, 15) is 0 Å². The SMILES string of the molecule is [2H]c1c([2H])c([2H])c(-c2cccc(-c3c([2H])c([2H])c([2H])c([2H])c3[2H])c2-[n+]2[c-]n(-c3cccc(Oc4ccc5c6cc(C(C)(C)C)ccc6n(-c6cc(C(C)(C)C)ccn6)c5c4)c3)c3ccccc32)c([2H])c1[2H]. The van der Waals surface area contributed by atoms with Gasteiger partial charge in [0.2, 0.25) is 0 Å². The molecule has 0 aliphatic heterocycles. The van der Waals surface area contributed by atoms with Crippen molar-refractivity contribution >= 4 is 32.8 Å². The van der Waals surface area contributed by atoms with Crippen LogP contribution in [0.15, 0.2) is 182 Å². The van der Waals surface area contributed by atoms with E-state index in [0.717, 1.165) is 33.2 Å². The van der Waals surface area contributed by atoms with Crippen molar-refractivity contribution in [3.05, 3.63) is 199 Å². The van der Waals surface area contributed by atoms with Gasteiger partial charge in [-0.1, -0.05) is 157 Å². The maximum atomic E-state index is 9.02. The first-order valence-electron chi connectivity index (χ1n) is 25.2. The monoisotopic (exact) mass is 802 g/mol. The molecule has 0 amide bonds. The summed E-state index contributed by atoms with van der Waals surface area (Å²) in [5.41, 5.74) is 6.26. The van der Waals surface area contributed by atoms with Crippen molar-refractivity contribution < 1.29 is 23.0 Å². The van der Waals surface area contributed by atoms with Gasteiger partial charge in [0.1, 0.15) is 17.3 Å². The van der Waals surface area contributed by atoms with E-state index < -0.39 is 60.4 Å². The molecule has 0 unspecified atom stereocenters. The van der Waals surface area contributed by atoms with Crippen molar-refractivity contribution in [3.63, 3.8) is 0 Å². The van der Waals surface area contributed by atoms with Gasteiger partial charge in [0.05, 0.1) is 47.1 Å². The van der Waals surface area contributed by atoms with Gasteiger partial charge in [-0.2, -0.15) is 0 Å². The standard InChI is InChI=1S/C56H48N4O/c1-55(2,3)40-27-30-49-48(33-40)47-29-28-44(36-52(47)60(49)53-34-41(31-32-57-53)56(4,5)6)61-43-22-15-21-42(35-43)58-37-59(51-26-14-13-25-50(51)58)54-45(38-17-9-7-10-18-38)23-16-24-46(54)39-19-11-8-12-20-39/h7-36H,1-6H3/i7D,8D,9D,10D,11D,12D,17D,18D,19D,20D. The Labute approximate surface area is 371 Å². The topological polar surface area (TPSA) is 35.9 Å². The van der Waals surface area contributed by atoms with Crippen molar-refractivity contribution in [2.24, 2.45) is 0 Å². The maximum Gasteiger partial charge on any atom is 0.269 e. The molecule has 0 aliphatic rings. The number of ether oxygens (including phenoxy) is 1. The zero-order valence-corrected chi connectivity index (χ0v) is 34.7. The minimum Gasteiger partial charge on any atom is -0.458 e. The molecule has 0 radical (unpaired) electrons. The molecule has 298 valence electrons. The van der Waals surface area contributed by atoms with Crippen LogP contribution in [-0.2, 0) is 10.8 Å². The van der Waals surface area contributed by atoms with E-state index in [0.29, 0.717) is 28.2 Å². The van der Waals surface area contributed by atoms with Crippen molar-refractivity contribution in [1.82, 2.24) is 14.1 Å². The van der Waals surface area contributed by atoms with Crippen LogP contribution in [0, 0.1) is 6.33 Å². The summed E-state index contributed by atoms with van der Waals surface area (Å²) in [4.78, 5) is 4.89. The maximum absolute atomic E-state index is 9.02. The van der Waals surface area contributed by atoms with Gasteiger partial charge >= 0.3 is 0 Å². The summed E-state index contributed by atoms with van der Waals surface area (Å²) in [5, 5.41) is 2.16. The van der Waals surface area contributed by atoms with Gasteiger partial charge < -0.3 is 4.74 Å². The Morgan fingerprint density at radius 2 is 1.23 bits per heavy atom. The van der Waals surface area contributed by atoms with Crippen LogP contribution in [0.1, 0.15) is 66.4 Å². The van der Waals surface area contributed by atoms with Crippen LogP contribution in [0.2, 0.25) is 0 Å². The smallest absolute Gasteiger partial charge is 0.269 e. The predicted molar refractivity (Wildman–Crippen MR) is 251 cm³/mol. The van der Waals surface area contributed by atoms with Gasteiger partial charge in [-0.05, 0) is 98.8 Å². The lowest BCUT2D eigenvalue weighted by molar-refractivity contribution is -0.571. The minimum atomic E-state index is -0.565. The van der Waals surface area contributed by atoms with E-state index in [2.05, 4.69) is 88.8 Å². The van der Waals surface area contributed by atoms with Crippen LogP contribution in [0.3, 0.4) is 0 Å². The van der Waals surface area contributed by atoms with E-state index in [1.807, 2.05) is 66.9 Å². The quantitative estimate of drug-likeness (QED) is 0.119. The first kappa shape index (κ1) is 28.3. The summed E-state index contributed by atoms with van der Waals surface area (Å²) < 4.78 is 99.4. The van der Waals surface area contributed by atoms with Crippen LogP contribution in [-0.4, -0.2) is 14.1 Å². The molecule has 7 aromatic carbocycles. The molecule has 3 aromatic heterocycles. The molecule has 0 bridgehead atoms. The molecule has 0 aliphatic carbocycles.